The number of thiocarbonyl (C=S) groups is 1. The van der Waals surface area contributed by atoms with Crippen LogP contribution in [0.4, 0.5) is 5.69 Å². The smallest absolute Gasteiger partial charge is 0.153 e. The van der Waals surface area contributed by atoms with Crippen molar-refractivity contribution in [1.29, 1.82) is 0 Å². The molecule has 0 amide bonds. The van der Waals surface area contributed by atoms with Crippen LogP contribution < -0.4 is 15.4 Å². The maximum absolute atomic E-state index is 11.5. The topological polar surface area (TPSA) is 72.6 Å². The summed E-state index contributed by atoms with van der Waals surface area (Å²) in [6, 6.07) is 5.44. The van der Waals surface area contributed by atoms with E-state index in [2.05, 4.69) is 0 Å². The highest BCUT2D eigenvalue weighted by atomic mass is 32.2. The zero-order valence-electron chi connectivity index (χ0n) is 10.6. The number of sulfone groups is 1. The van der Waals surface area contributed by atoms with Gasteiger partial charge in [-0.1, -0.05) is 12.2 Å². The van der Waals surface area contributed by atoms with E-state index in [1.807, 2.05) is 11.0 Å². The first kappa shape index (κ1) is 14.1. The predicted molar refractivity (Wildman–Crippen MR) is 79.7 cm³/mol. The molecule has 0 bridgehead atoms. The molecule has 0 unspecified atom stereocenters. The summed E-state index contributed by atoms with van der Waals surface area (Å²) in [5.74, 6) is 1.01. The second kappa shape index (κ2) is 5.34. The van der Waals surface area contributed by atoms with E-state index in [9.17, 15) is 8.42 Å². The fourth-order valence-corrected chi connectivity index (χ4v) is 3.44. The molecule has 0 aromatic heterocycles. The Morgan fingerprint density at radius 3 is 2.53 bits per heavy atom. The lowest BCUT2D eigenvalue weighted by atomic mass is 10.1. The fraction of sp³-hybridized carbons (Fsp3) is 0.417. The lowest BCUT2D eigenvalue weighted by molar-refractivity contribution is 0.415. The maximum Gasteiger partial charge on any atom is 0.153 e. The summed E-state index contributed by atoms with van der Waals surface area (Å²) in [5.41, 5.74) is 7.29. The molecule has 0 spiro atoms. The molecule has 0 radical (unpaired) electrons. The highest BCUT2D eigenvalue weighted by Gasteiger charge is 2.24. The number of hydrogen-bond donors (Lipinski definition) is 1. The van der Waals surface area contributed by atoms with Crippen LogP contribution in [0.3, 0.4) is 0 Å². The SMILES string of the molecule is COc1ccc(C(N)=S)c(N2CCS(=O)(=O)CC2)c1. The number of nitrogens with zero attached hydrogens (tertiary/aromatic N) is 1. The van der Waals surface area contributed by atoms with Crippen LogP contribution in [0.2, 0.25) is 0 Å². The van der Waals surface area contributed by atoms with Gasteiger partial charge in [-0.15, -0.1) is 0 Å². The van der Waals surface area contributed by atoms with E-state index in [1.54, 1.807) is 19.2 Å². The van der Waals surface area contributed by atoms with Crippen molar-refractivity contribution in [3.05, 3.63) is 23.8 Å². The monoisotopic (exact) mass is 300 g/mol. The molecule has 1 heterocycles. The molecule has 1 aromatic rings. The molecule has 2 rings (SSSR count). The van der Waals surface area contributed by atoms with Gasteiger partial charge in [-0.3, -0.25) is 0 Å². The van der Waals surface area contributed by atoms with Crippen LogP contribution in [-0.2, 0) is 9.84 Å². The first-order valence-electron chi connectivity index (χ1n) is 5.86. The van der Waals surface area contributed by atoms with Gasteiger partial charge in [-0.05, 0) is 12.1 Å². The molecular formula is C12H16N2O3S2. The van der Waals surface area contributed by atoms with Gasteiger partial charge in [0.2, 0.25) is 0 Å². The van der Waals surface area contributed by atoms with Gasteiger partial charge >= 0.3 is 0 Å². The second-order valence-electron chi connectivity index (χ2n) is 4.39. The summed E-state index contributed by atoms with van der Waals surface area (Å²) in [6.45, 7) is 0.899. The Bertz CT molecular complexity index is 585. The summed E-state index contributed by atoms with van der Waals surface area (Å²) in [4.78, 5) is 2.28. The predicted octanol–water partition coefficient (Wildman–Crippen LogP) is 0.564. The molecule has 19 heavy (non-hydrogen) atoms. The van der Waals surface area contributed by atoms with Gasteiger partial charge in [0.1, 0.15) is 10.7 Å². The molecule has 1 fully saturated rings. The van der Waals surface area contributed by atoms with E-state index in [1.165, 1.54) is 0 Å². The largest absolute Gasteiger partial charge is 0.497 e. The minimum absolute atomic E-state index is 0.154. The van der Waals surface area contributed by atoms with Crippen molar-refractivity contribution in [2.24, 2.45) is 5.73 Å². The van der Waals surface area contributed by atoms with Crippen LogP contribution in [-0.4, -0.2) is 45.1 Å². The molecule has 1 aliphatic rings. The van der Waals surface area contributed by atoms with Gasteiger partial charge < -0.3 is 15.4 Å². The summed E-state index contributed by atoms with van der Waals surface area (Å²) < 4.78 is 28.1. The second-order valence-corrected chi connectivity index (χ2v) is 7.13. The van der Waals surface area contributed by atoms with E-state index in [0.717, 1.165) is 11.3 Å². The third-order valence-electron chi connectivity index (χ3n) is 3.16. The normalized spacial score (nSPS) is 18.1. The van der Waals surface area contributed by atoms with Crippen LogP contribution in [0.5, 0.6) is 5.75 Å². The maximum atomic E-state index is 11.5. The van der Waals surface area contributed by atoms with Crippen LogP contribution in [0.1, 0.15) is 5.56 Å². The van der Waals surface area contributed by atoms with Crippen LogP contribution >= 0.6 is 12.2 Å². The van der Waals surface area contributed by atoms with Crippen molar-refractivity contribution in [2.75, 3.05) is 36.6 Å². The Balaban J connectivity index is 2.35. The average Bonchev–Trinajstić information content (AvgIpc) is 2.38. The number of hydrogen-bond acceptors (Lipinski definition) is 5. The Kier molecular flexibility index (Phi) is 3.96. The first-order chi connectivity index (χ1) is 8.93. The van der Waals surface area contributed by atoms with Gasteiger partial charge in [0.15, 0.2) is 9.84 Å². The van der Waals surface area contributed by atoms with Gasteiger partial charge in [-0.2, -0.15) is 0 Å². The molecule has 104 valence electrons. The van der Waals surface area contributed by atoms with Crippen molar-refractivity contribution in [1.82, 2.24) is 0 Å². The molecule has 2 N–H and O–H groups in total. The lowest BCUT2D eigenvalue weighted by Gasteiger charge is -2.30. The van der Waals surface area contributed by atoms with Crippen molar-refractivity contribution in [2.45, 2.75) is 0 Å². The van der Waals surface area contributed by atoms with Crippen molar-refractivity contribution >= 4 is 32.7 Å². The molecular weight excluding hydrogens is 284 g/mol. The first-order valence-corrected chi connectivity index (χ1v) is 8.09. The fourth-order valence-electron chi connectivity index (χ4n) is 2.06. The third-order valence-corrected chi connectivity index (χ3v) is 4.98. The minimum atomic E-state index is -2.91. The van der Waals surface area contributed by atoms with Crippen molar-refractivity contribution in [3.63, 3.8) is 0 Å². The van der Waals surface area contributed by atoms with Crippen LogP contribution in [0, 0.1) is 0 Å². The van der Waals surface area contributed by atoms with Gasteiger partial charge in [-0.25, -0.2) is 8.42 Å². The Morgan fingerprint density at radius 2 is 2.00 bits per heavy atom. The number of rotatable bonds is 3. The Morgan fingerprint density at radius 1 is 1.37 bits per heavy atom. The average molecular weight is 300 g/mol. The Hall–Kier alpha value is -1.34. The van der Waals surface area contributed by atoms with Crippen LogP contribution in [0.15, 0.2) is 18.2 Å². The highest BCUT2D eigenvalue weighted by molar-refractivity contribution is 7.91. The van der Waals surface area contributed by atoms with Gasteiger partial charge in [0, 0.05) is 24.7 Å². The molecule has 0 atom stereocenters. The van der Waals surface area contributed by atoms with E-state index in [0.29, 0.717) is 23.8 Å². The van der Waals surface area contributed by atoms with Gasteiger partial charge in [0.05, 0.1) is 24.3 Å². The molecule has 1 saturated heterocycles. The third kappa shape index (κ3) is 3.16. The number of nitrogens with two attached hydrogens (primary N) is 1. The van der Waals surface area contributed by atoms with Crippen molar-refractivity contribution in [3.8, 4) is 5.75 Å². The number of benzene rings is 1. The number of ether oxygens (including phenoxy) is 1. The highest BCUT2D eigenvalue weighted by Crippen LogP contribution is 2.27. The zero-order chi connectivity index (χ0) is 14.0. The van der Waals surface area contributed by atoms with E-state index >= 15 is 0 Å². The van der Waals surface area contributed by atoms with E-state index in [-0.39, 0.29) is 11.5 Å². The molecule has 5 nitrogen and oxygen atoms in total. The zero-order valence-corrected chi connectivity index (χ0v) is 12.3. The summed E-state index contributed by atoms with van der Waals surface area (Å²) in [5, 5.41) is 0. The minimum Gasteiger partial charge on any atom is -0.497 e. The van der Waals surface area contributed by atoms with Crippen LogP contribution in [0.25, 0.3) is 0 Å². The van der Waals surface area contributed by atoms with Gasteiger partial charge in [0.25, 0.3) is 0 Å². The quantitative estimate of drug-likeness (QED) is 0.823. The summed E-state index contributed by atoms with van der Waals surface area (Å²) in [7, 11) is -1.33. The lowest BCUT2D eigenvalue weighted by Crippen LogP contribution is -2.41. The Labute approximate surface area is 118 Å². The molecule has 7 heteroatoms. The molecule has 0 saturated carbocycles. The van der Waals surface area contributed by atoms with E-state index in [4.69, 9.17) is 22.7 Å². The molecule has 1 aromatic carbocycles. The van der Waals surface area contributed by atoms with E-state index < -0.39 is 9.84 Å². The summed E-state index contributed by atoms with van der Waals surface area (Å²) >= 11 is 5.04. The number of anilines is 1. The molecule has 0 aliphatic carbocycles. The standard InChI is InChI=1S/C12H16N2O3S2/c1-17-9-2-3-10(12(13)18)11(8-9)14-4-6-19(15,16)7-5-14/h2-3,8H,4-7H2,1H3,(H2,13,18). The number of methoxy groups -OCH3 is 1. The molecule has 1 aliphatic heterocycles. The van der Waals surface area contributed by atoms with Crippen molar-refractivity contribution < 1.29 is 13.2 Å². The summed E-state index contributed by atoms with van der Waals surface area (Å²) in [6.07, 6.45) is 0.